The molecule has 1 aliphatic carbocycles. The van der Waals surface area contributed by atoms with Crippen LogP contribution >= 0.6 is 11.3 Å². The number of aryl methyl sites for hydroxylation is 2. The summed E-state index contributed by atoms with van der Waals surface area (Å²) in [6.07, 6.45) is 0.0810. The smallest absolute Gasteiger partial charge is 0.289 e. The second kappa shape index (κ2) is 6.53. The standard InChI is InChI=1S/C17H20FN5O2S/c1-9-14(26-10(2)19-9)16(25)22-5-7-23(8-6-22)17-20-13(11-3-4-11)12(18)15(24)21-17/h11-12H,3-8H2,1-2H3. The van der Waals surface area contributed by atoms with E-state index in [0.29, 0.717) is 42.7 Å². The fourth-order valence-electron chi connectivity index (χ4n) is 3.28. The van der Waals surface area contributed by atoms with Gasteiger partial charge in [-0.2, -0.15) is 4.99 Å². The summed E-state index contributed by atoms with van der Waals surface area (Å²) in [4.78, 5) is 41.3. The molecule has 138 valence electrons. The van der Waals surface area contributed by atoms with Crippen molar-refractivity contribution in [3.63, 3.8) is 0 Å². The number of hydrogen-bond acceptors (Lipinski definition) is 6. The molecule has 0 radical (unpaired) electrons. The maximum absolute atomic E-state index is 14.0. The Kier molecular flexibility index (Phi) is 4.34. The normalized spacial score (nSPS) is 23.8. The van der Waals surface area contributed by atoms with Crippen LogP contribution in [0.2, 0.25) is 0 Å². The van der Waals surface area contributed by atoms with Crippen molar-refractivity contribution >= 4 is 34.8 Å². The molecule has 2 amide bonds. The summed E-state index contributed by atoms with van der Waals surface area (Å²) < 4.78 is 14.0. The van der Waals surface area contributed by atoms with Gasteiger partial charge >= 0.3 is 0 Å². The lowest BCUT2D eigenvalue weighted by atomic mass is 10.1. The highest BCUT2D eigenvalue weighted by atomic mass is 32.1. The first kappa shape index (κ1) is 17.3. The number of thiazole rings is 1. The van der Waals surface area contributed by atoms with Crippen molar-refractivity contribution in [2.24, 2.45) is 15.9 Å². The maximum Gasteiger partial charge on any atom is 0.289 e. The Balaban J connectivity index is 1.43. The molecule has 3 heterocycles. The minimum Gasteiger partial charge on any atom is -0.337 e. The SMILES string of the molecule is Cc1nc(C)c(C(=O)N2CCN(C3=NC(=O)C(F)C(C4CC4)=N3)CC2)s1. The molecule has 0 aromatic carbocycles. The molecule has 1 saturated carbocycles. The van der Waals surface area contributed by atoms with Gasteiger partial charge in [0.05, 0.1) is 16.4 Å². The van der Waals surface area contributed by atoms with E-state index in [4.69, 9.17) is 0 Å². The molecule has 9 heteroatoms. The van der Waals surface area contributed by atoms with Crippen molar-refractivity contribution in [1.29, 1.82) is 0 Å². The van der Waals surface area contributed by atoms with Gasteiger partial charge in [-0.3, -0.25) is 9.59 Å². The van der Waals surface area contributed by atoms with E-state index in [2.05, 4.69) is 15.0 Å². The number of halogens is 1. The fourth-order valence-corrected chi connectivity index (χ4v) is 4.17. The van der Waals surface area contributed by atoms with Gasteiger partial charge in [-0.1, -0.05) is 0 Å². The Hall–Kier alpha value is -2.16. The first-order chi connectivity index (χ1) is 12.4. The average molecular weight is 377 g/mol. The van der Waals surface area contributed by atoms with Crippen LogP contribution in [0.3, 0.4) is 0 Å². The Morgan fingerprint density at radius 3 is 2.42 bits per heavy atom. The van der Waals surface area contributed by atoms with E-state index < -0.39 is 12.1 Å². The number of aliphatic imine (C=N–C) groups is 2. The number of hydrogen-bond donors (Lipinski definition) is 0. The number of nitrogens with zero attached hydrogens (tertiary/aromatic N) is 5. The molecule has 7 nitrogen and oxygen atoms in total. The summed E-state index contributed by atoms with van der Waals surface area (Å²) in [5, 5.41) is 0.877. The molecule has 26 heavy (non-hydrogen) atoms. The maximum atomic E-state index is 14.0. The van der Waals surface area contributed by atoms with Crippen molar-refractivity contribution in [3.05, 3.63) is 15.6 Å². The van der Waals surface area contributed by atoms with Crippen LogP contribution in [-0.4, -0.2) is 70.6 Å². The zero-order valence-corrected chi connectivity index (χ0v) is 15.6. The van der Waals surface area contributed by atoms with Crippen LogP contribution in [0, 0.1) is 19.8 Å². The lowest BCUT2D eigenvalue weighted by Gasteiger charge is -2.35. The van der Waals surface area contributed by atoms with Crippen LogP contribution in [-0.2, 0) is 4.79 Å². The van der Waals surface area contributed by atoms with Crippen LogP contribution in [0.1, 0.15) is 33.2 Å². The highest BCUT2D eigenvalue weighted by Gasteiger charge is 2.40. The van der Waals surface area contributed by atoms with E-state index in [-0.39, 0.29) is 11.8 Å². The van der Waals surface area contributed by atoms with Crippen LogP contribution in [0.5, 0.6) is 0 Å². The van der Waals surface area contributed by atoms with E-state index in [1.54, 1.807) is 4.90 Å². The second-order valence-corrected chi connectivity index (χ2v) is 8.05. The molecule has 0 N–H and O–H groups in total. The first-order valence-electron chi connectivity index (χ1n) is 8.77. The topological polar surface area (TPSA) is 78.2 Å². The lowest BCUT2D eigenvalue weighted by Crippen LogP contribution is -2.51. The van der Waals surface area contributed by atoms with Crippen molar-refractivity contribution in [3.8, 4) is 0 Å². The van der Waals surface area contributed by atoms with Crippen LogP contribution < -0.4 is 0 Å². The number of guanidine groups is 1. The molecule has 3 aliphatic rings. The third kappa shape index (κ3) is 3.15. The summed E-state index contributed by atoms with van der Waals surface area (Å²) in [7, 11) is 0. The largest absolute Gasteiger partial charge is 0.337 e. The van der Waals surface area contributed by atoms with Gasteiger partial charge in [-0.15, -0.1) is 11.3 Å². The van der Waals surface area contributed by atoms with Gasteiger partial charge in [0.25, 0.3) is 11.8 Å². The molecule has 2 aliphatic heterocycles. The Morgan fingerprint density at radius 2 is 1.85 bits per heavy atom. The van der Waals surface area contributed by atoms with Gasteiger partial charge in [-0.25, -0.2) is 14.4 Å². The predicted octanol–water partition coefficient (Wildman–Crippen LogP) is 1.60. The second-order valence-electron chi connectivity index (χ2n) is 6.85. The molecule has 1 aromatic heterocycles. The number of carbonyl (C=O) groups is 2. The highest BCUT2D eigenvalue weighted by molar-refractivity contribution is 7.13. The minimum absolute atomic E-state index is 0.0135. The highest BCUT2D eigenvalue weighted by Crippen LogP contribution is 2.34. The monoisotopic (exact) mass is 377 g/mol. The number of carbonyl (C=O) groups excluding carboxylic acids is 2. The Morgan fingerprint density at radius 1 is 1.15 bits per heavy atom. The predicted molar refractivity (Wildman–Crippen MR) is 96.6 cm³/mol. The zero-order chi connectivity index (χ0) is 18.4. The summed E-state index contributed by atoms with van der Waals surface area (Å²) in [6.45, 7) is 5.79. The molecule has 0 bridgehead atoms. The van der Waals surface area contributed by atoms with Gasteiger partial charge in [0.1, 0.15) is 4.88 Å². The number of alkyl halides is 1. The van der Waals surface area contributed by atoms with Gasteiger partial charge < -0.3 is 9.80 Å². The molecule has 1 atom stereocenters. The summed E-state index contributed by atoms with van der Waals surface area (Å²) in [5.74, 6) is -0.394. The molecule has 1 unspecified atom stereocenters. The van der Waals surface area contributed by atoms with E-state index >= 15 is 0 Å². The molecular weight excluding hydrogens is 357 g/mol. The molecule has 1 aromatic rings. The van der Waals surface area contributed by atoms with Gasteiger partial charge in [-0.05, 0) is 26.7 Å². The number of piperazine rings is 1. The van der Waals surface area contributed by atoms with Crippen molar-refractivity contribution in [1.82, 2.24) is 14.8 Å². The van der Waals surface area contributed by atoms with E-state index in [0.717, 1.165) is 23.5 Å². The van der Waals surface area contributed by atoms with Crippen molar-refractivity contribution in [2.75, 3.05) is 26.2 Å². The number of rotatable bonds is 2. The number of amides is 2. The Bertz CT molecular complexity index is 821. The summed E-state index contributed by atoms with van der Waals surface area (Å²) >= 11 is 1.41. The van der Waals surface area contributed by atoms with E-state index in [1.807, 2.05) is 18.7 Å². The molecular formula is C17H20FN5O2S. The average Bonchev–Trinajstić information content (AvgIpc) is 3.41. The number of aromatic nitrogens is 1. The van der Waals surface area contributed by atoms with Crippen molar-refractivity contribution < 1.29 is 14.0 Å². The zero-order valence-electron chi connectivity index (χ0n) is 14.7. The molecule has 0 spiro atoms. The lowest BCUT2D eigenvalue weighted by molar-refractivity contribution is -0.120. The fraction of sp³-hybridized carbons (Fsp3) is 0.588. The van der Waals surface area contributed by atoms with E-state index in [9.17, 15) is 14.0 Å². The molecule has 1 saturated heterocycles. The van der Waals surface area contributed by atoms with E-state index in [1.165, 1.54) is 11.3 Å². The minimum atomic E-state index is -1.69. The van der Waals surface area contributed by atoms with Crippen LogP contribution in [0.25, 0.3) is 0 Å². The molecule has 4 rings (SSSR count). The van der Waals surface area contributed by atoms with Crippen molar-refractivity contribution in [2.45, 2.75) is 32.9 Å². The third-order valence-corrected chi connectivity index (χ3v) is 5.92. The first-order valence-corrected chi connectivity index (χ1v) is 9.59. The third-order valence-electron chi connectivity index (χ3n) is 4.86. The van der Waals surface area contributed by atoms with Gasteiger partial charge in [0, 0.05) is 32.1 Å². The van der Waals surface area contributed by atoms with Gasteiger partial charge in [0.15, 0.2) is 0 Å². The van der Waals surface area contributed by atoms with Gasteiger partial charge in [0.2, 0.25) is 12.1 Å². The van der Waals surface area contributed by atoms with Crippen LogP contribution in [0.15, 0.2) is 9.98 Å². The molecule has 2 fully saturated rings. The summed E-state index contributed by atoms with van der Waals surface area (Å²) in [5.41, 5.74) is 1.09. The summed E-state index contributed by atoms with van der Waals surface area (Å²) in [6, 6.07) is 0. The quantitative estimate of drug-likeness (QED) is 0.784. The van der Waals surface area contributed by atoms with Crippen LogP contribution in [0.4, 0.5) is 4.39 Å². The Labute approximate surface area is 154 Å².